The number of hydrogen-bond donors (Lipinski definition) is 2. The fourth-order valence-electron chi connectivity index (χ4n) is 3.32. The Bertz CT molecular complexity index is 930. The number of benzene rings is 2. The Labute approximate surface area is 185 Å². The molecule has 1 unspecified atom stereocenters. The number of methoxy groups -OCH3 is 1. The van der Waals surface area contributed by atoms with E-state index in [9.17, 15) is 18.3 Å². The molecule has 0 aromatic heterocycles. The Morgan fingerprint density at radius 2 is 1.68 bits per heavy atom. The molecule has 0 spiro atoms. The van der Waals surface area contributed by atoms with Crippen LogP contribution in [0.5, 0.6) is 5.75 Å². The summed E-state index contributed by atoms with van der Waals surface area (Å²) < 4.78 is 33.0. The standard InChI is InChI=1S/C23H32N2O5S/c1-17(2)15-25(31(28,29)21-12-10-20(30-4)11-13-21)16-23(27)22(24-18(3)26)14-19-8-6-5-7-9-19/h5-13,17,22-23,27H,14-16H2,1-4H3,(H,24,26)/t22-,23?/m0/s1. The van der Waals surface area contributed by atoms with Gasteiger partial charge in [-0.05, 0) is 42.2 Å². The number of hydrogen-bond acceptors (Lipinski definition) is 5. The molecule has 8 heteroatoms. The number of ether oxygens (including phenoxy) is 1. The minimum atomic E-state index is -3.85. The van der Waals surface area contributed by atoms with E-state index in [1.54, 1.807) is 12.1 Å². The molecule has 0 fully saturated rings. The van der Waals surface area contributed by atoms with Crippen molar-refractivity contribution in [2.75, 3.05) is 20.2 Å². The molecule has 2 atom stereocenters. The second-order valence-corrected chi connectivity index (χ2v) is 9.89. The van der Waals surface area contributed by atoms with Crippen LogP contribution in [0.1, 0.15) is 26.3 Å². The van der Waals surface area contributed by atoms with Gasteiger partial charge in [0, 0.05) is 20.0 Å². The van der Waals surface area contributed by atoms with Crippen LogP contribution in [-0.4, -0.2) is 56.1 Å². The molecular formula is C23H32N2O5S. The van der Waals surface area contributed by atoms with Crippen LogP contribution < -0.4 is 10.1 Å². The molecule has 0 saturated heterocycles. The van der Waals surface area contributed by atoms with Crippen molar-refractivity contribution in [1.82, 2.24) is 9.62 Å². The maximum atomic E-state index is 13.3. The molecule has 0 aliphatic carbocycles. The highest BCUT2D eigenvalue weighted by Gasteiger charge is 2.31. The van der Waals surface area contributed by atoms with Crippen molar-refractivity contribution in [3.8, 4) is 5.75 Å². The zero-order chi connectivity index (χ0) is 23.0. The Hall–Kier alpha value is -2.42. The van der Waals surface area contributed by atoms with Crippen LogP contribution in [0.25, 0.3) is 0 Å². The number of carbonyl (C=O) groups excluding carboxylic acids is 1. The first-order chi connectivity index (χ1) is 14.6. The second-order valence-electron chi connectivity index (χ2n) is 7.96. The Morgan fingerprint density at radius 1 is 1.06 bits per heavy atom. The first-order valence-corrected chi connectivity index (χ1v) is 11.7. The third-order valence-electron chi connectivity index (χ3n) is 4.81. The lowest BCUT2D eigenvalue weighted by Crippen LogP contribution is -2.50. The predicted molar refractivity (Wildman–Crippen MR) is 120 cm³/mol. The topological polar surface area (TPSA) is 95.9 Å². The molecule has 0 aliphatic rings. The number of nitrogens with zero attached hydrogens (tertiary/aromatic N) is 1. The van der Waals surface area contributed by atoms with Crippen LogP contribution in [0.4, 0.5) is 0 Å². The first-order valence-electron chi connectivity index (χ1n) is 10.3. The van der Waals surface area contributed by atoms with E-state index < -0.39 is 22.2 Å². The summed E-state index contributed by atoms with van der Waals surface area (Å²) in [6, 6.07) is 15.0. The van der Waals surface area contributed by atoms with Crippen LogP contribution in [0.3, 0.4) is 0 Å². The first kappa shape index (κ1) is 24.8. The van der Waals surface area contributed by atoms with E-state index >= 15 is 0 Å². The number of aliphatic hydroxyl groups is 1. The minimum Gasteiger partial charge on any atom is -0.497 e. The Balaban J connectivity index is 2.27. The van der Waals surface area contributed by atoms with Crippen molar-refractivity contribution in [2.45, 2.75) is 44.2 Å². The van der Waals surface area contributed by atoms with Crippen LogP contribution in [-0.2, 0) is 21.2 Å². The number of amides is 1. The molecule has 0 saturated carbocycles. The zero-order valence-electron chi connectivity index (χ0n) is 18.5. The second kappa shape index (κ2) is 11.3. The molecule has 0 radical (unpaired) electrons. The van der Waals surface area contributed by atoms with Crippen molar-refractivity contribution in [3.63, 3.8) is 0 Å². The molecule has 2 rings (SSSR count). The summed E-state index contributed by atoms with van der Waals surface area (Å²) in [5.74, 6) is 0.324. The maximum absolute atomic E-state index is 13.3. The van der Waals surface area contributed by atoms with E-state index in [4.69, 9.17) is 4.74 Å². The summed E-state index contributed by atoms with van der Waals surface area (Å²) in [5.41, 5.74) is 0.939. The molecule has 2 aromatic rings. The summed E-state index contributed by atoms with van der Waals surface area (Å²) in [5, 5.41) is 13.7. The fourth-order valence-corrected chi connectivity index (χ4v) is 4.94. The molecule has 0 bridgehead atoms. The number of carbonyl (C=O) groups is 1. The van der Waals surface area contributed by atoms with Gasteiger partial charge in [0.05, 0.1) is 24.2 Å². The van der Waals surface area contributed by atoms with Crippen molar-refractivity contribution in [2.24, 2.45) is 5.92 Å². The number of sulfonamides is 1. The van der Waals surface area contributed by atoms with Gasteiger partial charge in [-0.1, -0.05) is 44.2 Å². The molecule has 0 aliphatic heterocycles. The van der Waals surface area contributed by atoms with Gasteiger partial charge in [-0.25, -0.2) is 8.42 Å². The van der Waals surface area contributed by atoms with Crippen LogP contribution >= 0.6 is 0 Å². The monoisotopic (exact) mass is 448 g/mol. The summed E-state index contributed by atoms with van der Waals surface area (Å²) in [6.45, 7) is 5.31. The number of nitrogens with one attached hydrogen (secondary N) is 1. The largest absolute Gasteiger partial charge is 0.497 e. The molecule has 1 amide bonds. The third kappa shape index (κ3) is 7.34. The molecule has 2 aromatic carbocycles. The molecule has 31 heavy (non-hydrogen) atoms. The van der Waals surface area contributed by atoms with E-state index in [2.05, 4.69) is 5.32 Å². The summed E-state index contributed by atoms with van der Waals surface area (Å²) in [6.07, 6.45) is -0.699. The Morgan fingerprint density at radius 3 is 2.19 bits per heavy atom. The highest BCUT2D eigenvalue weighted by atomic mass is 32.2. The van der Waals surface area contributed by atoms with E-state index in [-0.39, 0.29) is 29.8 Å². The van der Waals surface area contributed by atoms with Gasteiger partial charge in [-0.15, -0.1) is 0 Å². The van der Waals surface area contributed by atoms with Gasteiger partial charge < -0.3 is 15.2 Å². The summed E-state index contributed by atoms with van der Waals surface area (Å²) in [7, 11) is -2.33. The number of aliphatic hydroxyl groups excluding tert-OH is 1. The van der Waals surface area contributed by atoms with Crippen molar-refractivity contribution in [1.29, 1.82) is 0 Å². The highest BCUT2D eigenvalue weighted by molar-refractivity contribution is 7.89. The predicted octanol–water partition coefficient (Wildman–Crippen LogP) is 2.45. The number of rotatable bonds is 11. The van der Waals surface area contributed by atoms with Gasteiger partial charge in [0.2, 0.25) is 15.9 Å². The van der Waals surface area contributed by atoms with Crippen molar-refractivity contribution >= 4 is 15.9 Å². The van der Waals surface area contributed by atoms with Gasteiger partial charge in [-0.3, -0.25) is 4.79 Å². The average Bonchev–Trinajstić information content (AvgIpc) is 2.73. The van der Waals surface area contributed by atoms with Crippen molar-refractivity contribution in [3.05, 3.63) is 60.2 Å². The lowest BCUT2D eigenvalue weighted by atomic mass is 10.0. The van der Waals surface area contributed by atoms with Gasteiger partial charge in [0.1, 0.15) is 5.75 Å². The average molecular weight is 449 g/mol. The molecule has 2 N–H and O–H groups in total. The van der Waals surface area contributed by atoms with Gasteiger partial charge >= 0.3 is 0 Å². The van der Waals surface area contributed by atoms with Gasteiger partial charge in [0.25, 0.3) is 0 Å². The quantitative estimate of drug-likeness (QED) is 0.551. The molecular weight excluding hydrogens is 416 g/mol. The molecule has 0 heterocycles. The van der Waals surface area contributed by atoms with E-state index in [0.29, 0.717) is 12.2 Å². The SMILES string of the molecule is COc1ccc(S(=O)(=O)N(CC(C)C)CC(O)[C@H](Cc2ccccc2)NC(C)=O)cc1. The van der Waals surface area contributed by atoms with E-state index in [1.165, 1.54) is 30.5 Å². The zero-order valence-corrected chi connectivity index (χ0v) is 19.3. The van der Waals surface area contributed by atoms with Crippen LogP contribution in [0.2, 0.25) is 0 Å². The van der Waals surface area contributed by atoms with Gasteiger partial charge in [0.15, 0.2) is 0 Å². The molecule has 170 valence electrons. The van der Waals surface area contributed by atoms with E-state index in [1.807, 2.05) is 44.2 Å². The normalized spacial score (nSPS) is 13.8. The smallest absolute Gasteiger partial charge is 0.243 e. The van der Waals surface area contributed by atoms with E-state index in [0.717, 1.165) is 5.56 Å². The van der Waals surface area contributed by atoms with Gasteiger partial charge in [-0.2, -0.15) is 4.31 Å². The summed E-state index contributed by atoms with van der Waals surface area (Å²) in [4.78, 5) is 11.9. The third-order valence-corrected chi connectivity index (χ3v) is 6.65. The fraction of sp³-hybridized carbons (Fsp3) is 0.435. The lowest BCUT2D eigenvalue weighted by molar-refractivity contribution is -0.120. The Kier molecular flexibility index (Phi) is 9.03. The highest BCUT2D eigenvalue weighted by Crippen LogP contribution is 2.21. The minimum absolute atomic E-state index is 0.0496. The van der Waals surface area contributed by atoms with Crippen molar-refractivity contribution < 1.29 is 23.1 Å². The maximum Gasteiger partial charge on any atom is 0.243 e. The molecule has 7 nitrogen and oxygen atoms in total. The van der Waals surface area contributed by atoms with Crippen LogP contribution in [0.15, 0.2) is 59.5 Å². The summed E-state index contributed by atoms with van der Waals surface area (Å²) >= 11 is 0. The lowest BCUT2D eigenvalue weighted by Gasteiger charge is -2.30. The van der Waals surface area contributed by atoms with Crippen LogP contribution in [0, 0.1) is 5.92 Å².